The lowest BCUT2D eigenvalue weighted by molar-refractivity contribution is -0.145. The van der Waals surface area contributed by atoms with Gasteiger partial charge in [-0.1, -0.05) is 18.2 Å². The number of aromatic nitrogens is 1. The van der Waals surface area contributed by atoms with Gasteiger partial charge in [-0.3, -0.25) is 9.59 Å². The Bertz CT molecular complexity index is 1150. The van der Waals surface area contributed by atoms with Crippen LogP contribution in [0.3, 0.4) is 0 Å². The van der Waals surface area contributed by atoms with Crippen LogP contribution in [0.1, 0.15) is 5.56 Å². The van der Waals surface area contributed by atoms with Crippen molar-refractivity contribution in [2.45, 2.75) is 19.1 Å². The molecule has 6 nitrogen and oxygen atoms in total. The molecule has 1 aromatic heterocycles. The van der Waals surface area contributed by atoms with Crippen LogP contribution in [0.25, 0.3) is 20.8 Å². The fraction of sp³-hybridized carbons (Fsp3) is 0.227. The molecule has 0 saturated carbocycles. The number of anilines is 1. The average Bonchev–Trinajstić information content (AvgIpc) is 3.42. The van der Waals surface area contributed by atoms with Gasteiger partial charge in [-0.05, 0) is 48.9 Å². The topological polar surface area (TPSA) is 88.5 Å². The number of rotatable bonds is 4. The molecule has 7 heteroatoms. The number of nitrogens with zero attached hydrogens (tertiary/aromatic N) is 1. The number of carbonyl (C=O) groups is 2. The van der Waals surface area contributed by atoms with Gasteiger partial charge < -0.3 is 15.2 Å². The normalized spacial score (nSPS) is 24.9. The molecule has 2 bridgehead atoms. The summed E-state index contributed by atoms with van der Waals surface area (Å²) in [6.07, 6.45) is 2.48. The molecule has 3 heterocycles. The van der Waals surface area contributed by atoms with Gasteiger partial charge in [-0.25, -0.2) is 4.98 Å². The summed E-state index contributed by atoms with van der Waals surface area (Å²) in [5.74, 6) is -2.92. The Morgan fingerprint density at radius 3 is 2.52 bits per heavy atom. The summed E-state index contributed by atoms with van der Waals surface area (Å²) in [7, 11) is 0. The van der Waals surface area contributed by atoms with Crippen LogP contribution in [0.5, 0.6) is 0 Å². The summed E-state index contributed by atoms with van der Waals surface area (Å²) < 4.78 is 6.71. The Hall–Kier alpha value is -3.03. The van der Waals surface area contributed by atoms with Crippen LogP contribution in [-0.2, 0) is 14.3 Å². The highest BCUT2D eigenvalue weighted by atomic mass is 32.1. The van der Waals surface area contributed by atoms with Crippen LogP contribution < -0.4 is 5.32 Å². The number of fused-ring (bicyclic) bond motifs is 3. The smallest absolute Gasteiger partial charge is 0.310 e. The van der Waals surface area contributed by atoms with E-state index >= 15 is 0 Å². The molecular formula is C22H18N2O4S. The second kappa shape index (κ2) is 6.79. The molecule has 29 heavy (non-hydrogen) atoms. The summed E-state index contributed by atoms with van der Waals surface area (Å²) in [6.45, 7) is 2.06. The van der Waals surface area contributed by atoms with Crippen LogP contribution in [-0.4, -0.2) is 34.2 Å². The highest BCUT2D eigenvalue weighted by molar-refractivity contribution is 7.21. The maximum atomic E-state index is 12.7. The zero-order chi connectivity index (χ0) is 20.1. The molecule has 146 valence electrons. The number of carbonyl (C=O) groups excluding carboxylic acids is 1. The van der Waals surface area contributed by atoms with E-state index in [0.717, 1.165) is 20.8 Å². The first-order valence-corrected chi connectivity index (χ1v) is 10.2. The van der Waals surface area contributed by atoms with Crippen molar-refractivity contribution in [2.75, 3.05) is 5.32 Å². The van der Waals surface area contributed by atoms with Crippen molar-refractivity contribution in [1.29, 1.82) is 0 Å². The fourth-order valence-corrected chi connectivity index (χ4v) is 5.06. The van der Waals surface area contributed by atoms with Crippen LogP contribution in [0.4, 0.5) is 5.69 Å². The van der Waals surface area contributed by atoms with E-state index in [2.05, 4.69) is 23.3 Å². The molecule has 1 fully saturated rings. The van der Waals surface area contributed by atoms with E-state index in [1.807, 2.05) is 36.4 Å². The molecule has 2 aromatic carbocycles. The standard InChI is InChI=1S/C22H18N2O4S/c1-11-2-7-14-17(10-11)29-21(24-14)12-3-5-13(6-4-12)23-20(25)18-15-8-9-16(28-15)19(18)22(26)27/h2-10,15-16,18-19H,1H3,(H,23,25)(H,26,27)/t15-,16+,18+,19+/m1/s1. The second-order valence-corrected chi connectivity index (χ2v) is 8.43. The van der Waals surface area contributed by atoms with Crippen molar-refractivity contribution in [3.05, 3.63) is 60.2 Å². The predicted molar refractivity (Wildman–Crippen MR) is 111 cm³/mol. The zero-order valence-electron chi connectivity index (χ0n) is 15.5. The number of hydrogen-bond donors (Lipinski definition) is 2. The molecule has 5 rings (SSSR count). The molecule has 0 unspecified atom stereocenters. The molecule has 4 atom stereocenters. The number of thiazole rings is 1. The number of carboxylic acids is 1. The molecule has 2 N–H and O–H groups in total. The highest BCUT2D eigenvalue weighted by Gasteiger charge is 2.53. The molecule has 3 aromatic rings. The molecule has 0 radical (unpaired) electrons. The van der Waals surface area contributed by atoms with Gasteiger partial charge in [0.05, 0.1) is 28.3 Å². The van der Waals surface area contributed by atoms with Crippen molar-refractivity contribution >= 4 is 39.1 Å². The van der Waals surface area contributed by atoms with Crippen LogP contribution in [0.2, 0.25) is 0 Å². The summed E-state index contributed by atoms with van der Waals surface area (Å²) >= 11 is 1.63. The number of hydrogen-bond acceptors (Lipinski definition) is 5. The van der Waals surface area contributed by atoms with Crippen molar-refractivity contribution in [2.24, 2.45) is 11.8 Å². The summed E-state index contributed by atoms with van der Waals surface area (Å²) in [5, 5.41) is 13.2. The zero-order valence-corrected chi connectivity index (χ0v) is 16.3. The maximum Gasteiger partial charge on any atom is 0.310 e. The van der Waals surface area contributed by atoms with Gasteiger partial charge >= 0.3 is 5.97 Å². The van der Waals surface area contributed by atoms with Gasteiger partial charge in [-0.2, -0.15) is 0 Å². The minimum atomic E-state index is -1.01. The second-order valence-electron chi connectivity index (χ2n) is 7.40. The lowest BCUT2D eigenvalue weighted by Gasteiger charge is -2.21. The molecule has 0 spiro atoms. The van der Waals surface area contributed by atoms with Gasteiger partial charge in [0.25, 0.3) is 0 Å². The third-order valence-corrected chi connectivity index (χ3v) is 6.50. The van der Waals surface area contributed by atoms with Gasteiger partial charge in [0, 0.05) is 11.3 Å². The van der Waals surface area contributed by atoms with E-state index in [4.69, 9.17) is 4.74 Å². The van der Waals surface area contributed by atoms with E-state index in [1.54, 1.807) is 23.5 Å². The van der Waals surface area contributed by atoms with Gasteiger partial charge in [0.2, 0.25) is 5.91 Å². The molecule has 2 aliphatic rings. The average molecular weight is 406 g/mol. The molecule has 1 saturated heterocycles. The van der Waals surface area contributed by atoms with Crippen molar-refractivity contribution < 1.29 is 19.4 Å². The number of aryl methyl sites for hydroxylation is 1. The quantitative estimate of drug-likeness (QED) is 0.642. The lowest BCUT2D eigenvalue weighted by Crippen LogP contribution is -2.39. The van der Waals surface area contributed by atoms with Crippen LogP contribution >= 0.6 is 11.3 Å². The number of benzene rings is 2. The Kier molecular flexibility index (Phi) is 4.22. The van der Waals surface area contributed by atoms with Crippen LogP contribution in [0.15, 0.2) is 54.6 Å². The minimum Gasteiger partial charge on any atom is -0.481 e. The Morgan fingerprint density at radius 2 is 1.79 bits per heavy atom. The first-order chi connectivity index (χ1) is 14.0. The van der Waals surface area contributed by atoms with Crippen LogP contribution in [0, 0.1) is 18.8 Å². The summed E-state index contributed by atoms with van der Waals surface area (Å²) in [5.41, 5.74) is 3.75. The van der Waals surface area contributed by atoms with E-state index in [0.29, 0.717) is 5.69 Å². The lowest BCUT2D eigenvalue weighted by atomic mass is 9.82. The maximum absolute atomic E-state index is 12.7. The molecule has 0 aliphatic carbocycles. The van der Waals surface area contributed by atoms with Gasteiger partial charge in [0.15, 0.2) is 0 Å². The molecular weight excluding hydrogens is 388 g/mol. The minimum absolute atomic E-state index is 0.336. The third kappa shape index (κ3) is 3.12. The number of aliphatic carboxylic acids is 1. The monoisotopic (exact) mass is 406 g/mol. The van der Waals surface area contributed by atoms with E-state index in [1.165, 1.54) is 5.56 Å². The Labute approximate surface area is 170 Å². The predicted octanol–water partition coefficient (Wildman–Crippen LogP) is 3.86. The highest BCUT2D eigenvalue weighted by Crippen LogP contribution is 2.40. The molecule has 1 amide bonds. The van der Waals surface area contributed by atoms with Crippen molar-refractivity contribution in [3.8, 4) is 10.6 Å². The summed E-state index contributed by atoms with van der Waals surface area (Å²) in [6, 6.07) is 13.6. The SMILES string of the molecule is Cc1ccc2nc(-c3ccc(NC(=O)[C@@H]4[C@@H](C(=O)O)[C@@H]5C=C[C@H]4O5)cc3)sc2c1. The van der Waals surface area contributed by atoms with Crippen molar-refractivity contribution in [3.63, 3.8) is 0 Å². The van der Waals surface area contributed by atoms with Gasteiger partial charge in [-0.15, -0.1) is 11.3 Å². The Morgan fingerprint density at radius 1 is 1.07 bits per heavy atom. The largest absolute Gasteiger partial charge is 0.481 e. The Balaban J connectivity index is 1.34. The van der Waals surface area contributed by atoms with E-state index in [9.17, 15) is 14.7 Å². The number of ether oxygens (including phenoxy) is 1. The first-order valence-electron chi connectivity index (χ1n) is 9.35. The molecule has 2 aliphatic heterocycles. The summed E-state index contributed by atoms with van der Waals surface area (Å²) in [4.78, 5) is 29.0. The van der Waals surface area contributed by atoms with Gasteiger partial charge in [0.1, 0.15) is 10.9 Å². The number of carboxylic acid groups (broad SMARTS) is 1. The number of nitrogens with one attached hydrogen (secondary N) is 1. The van der Waals surface area contributed by atoms with E-state index < -0.39 is 30.0 Å². The third-order valence-electron chi connectivity index (χ3n) is 5.43. The first kappa shape index (κ1) is 18.0. The van der Waals surface area contributed by atoms with Crippen molar-refractivity contribution in [1.82, 2.24) is 4.98 Å². The number of amides is 1. The van der Waals surface area contributed by atoms with E-state index in [-0.39, 0.29) is 5.91 Å². The fourth-order valence-electron chi connectivity index (χ4n) is 3.99.